The molecule has 4 aromatic rings. The molecule has 0 aromatic heterocycles. The molecule has 0 unspecified atom stereocenters. The van der Waals surface area contributed by atoms with E-state index in [4.69, 9.17) is 14.2 Å². The molecule has 1 saturated heterocycles. The summed E-state index contributed by atoms with van der Waals surface area (Å²) in [6.07, 6.45) is 1.44. The van der Waals surface area contributed by atoms with E-state index in [2.05, 4.69) is 46.1 Å². The predicted octanol–water partition coefficient (Wildman–Crippen LogP) is 6.74. The van der Waals surface area contributed by atoms with Gasteiger partial charge in [0.1, 0.15) is 24.5 Å². The minimum absolute atomic E-state index is 0.189. The number of hydrogen-bond acceptors (Lipinski definition) is 6. The lowest BCUT2D eigenvalue weighted by Gasteiger charge is -2.26. The Hall–Kier alpha value is -4.64. The van der Waals surface area contributed by atoms with Gasteiger partial charge in [0.25, 0.3) is 11.8 Å². The van der Waals surface area contributed by atoms with Gasteiger partial charge in [0.15, 0.2) is 11.5 Å². The van der Waals surface area contributed by atoms with Crippen molar-refractivity contribution < 1.29 is 28.6 Å². The number of halogens is 1. The molecule has 1 heterocycles. The summed E-state index contributed by atoms with van der Waals surface area (Å²) in [6, 6.07) is 25.1. The molecular weight excluding hydrogens is 659 g/mol. The van der Waals surface area contributed by atoms with Crippen molar-refractivity contribution in [2.75, 3.05) is 12.0 Å². The molecule has 0 bridgehead atoms. The number of hydrogen-bond donors (Lipinski definition) is 1. The highest BCUT2D eigenvalue weighted by atomic mass is 127. The van der Waals surface area contributed by atoms with Gasteiger partial charge in [-0.2, -0.15) is 0 Å². The summed E-state index contributed by atoms with van der Waals surface area (Å²) >= 11 is 2.13. The van der Waals surface area contributed by atoms with E-state index >= 15 is 0 Å². The van der Waals surface area contributed by atoms with Gasteiger partial charge in [-0.15, -0.1) is 0 Å². The van der Waals surface area contributed by atoms with Crippen LogP contribution in [0, 0.1) is 17.4 Å². The molecule has 5 rings (SSSR count). The van der Waals surface area contributed by atoms with Crippen molar-refractivity contribution in [2.45, 2.75) is 27.1 Å². The lowest BCUT2D eigenvalue weighted by Crippen LogP contribution is -2.54. The van der Waals surface area contributed by atoms with Gasteiger partial charge in [0, 0.05) is 0 Å². The van der Waals surface area contributed by atoms with Gasteiger partial charge < -0.3 is 14.2 Å². The molecule has 0 atom stereocenters. The Kier molecular flexibility index (Phi) is 9.10. The second-order valence-electron chi connectivity index (χ2n) is 10.0. The normalized spacial score (nSPS) is 14.1. The largest absolute Gasteiger partial charge is 0.493 e. The van der Waals surface area contributed by atoms with Crippen molar-refractivity contribution >= 4 is 52.2 Å². The molecule has 43 heavy (non-hydrogen) atoms. The molecule has 4 aromatic carbocycles. The fraction of sp³-hybridized carbons (Fsp3) is 0.147. The highest BCUT2D eigenvalue weighted by molar-refractivity contribution is 14.1. The summed E-state index contributed by atoms with van der Waals surface area (Å²) in [5.74, 6) is 0.0563. The zero-order valence-electron chi connectivity index (χ0n) is 23.8. The Morgan fingerprint density at radius 1 is 0.814 bits per heavy atom. The maximum absolute atomic E-state index is 13.5. The summed E-state index contributed by atoms with van der Waals surface area (Å²) in [5, 5.41) is 2.26. The SMILES string of the molecule is COc1cc(/C=C2\C(=O)NC(=O)N(c3ccc(OCc4ccccc4)cc3)C2=O)cc(I)c1OCc1cc(C)cc(C)c1. The molecule has 1 N–H and O–H groups in total. The van der Waals surface area contributed by atoms with Gasteiger partial charge >= 0.3 is 6.03 Å². The highest BCUT2D eigenvalue weighted by Crippen LogP contribution is 2.36. The average Bonchev–Trinajstić information content (AvgIpc) is 2.98. The van der Waals surface area contributed by atoms with Crippen LogP contribution in [0.25, 0.3) is 6.08 Å². The van der Waals surface area contributed by atoms with Gasteiger partial charge in [-0.1, -0.05) is 59.7 Å². The van der Waals surface area contributed by atoms with Crippen molar-refractivity contribution in [3.05, 3.63) is 122 Å². The average molecular weight is 689 g/mol. The first-order chi connectivity index (χ1) is 20.7. The molecule has 0 saturated carbocycles. The fourth-order valence-electron chi connectivity index (χ4n) is 4.76. The number of aryl methyl sites for hydroxylation is 2. The van der Waals surface area contributed by atoms with Crippen molar-refractivity contribution in [1.82, 2.24) is 5.32 Å². The van der Waals surface area contributed by atoms with E-state index in [1.54, 1.807) is 36.4 Å². The van der Waals surface area contributed by atoms with Gasteiger partial charge in [0.05, 0.1) is 16.4 Å². The number of benzene rings is 4. The maximum Gasteiger partial charge on any atom is 0.335 e. The number of nitrogens with one attached hydrogen (secondary N) is 1. The van der Waals surface area contributed by atoms with Crippen LogP contribution in [0.1, 0.15) is 27.8 Å². The smallest absolute Gasteiger partial charge is 0.335 e. The monoisotopic (exact) mass is 688 g/mol. The van der Waals surface area contributed by atoms with Crippen LogP contribution >= 0.6 is 22.6 Å². The minimum atomic E-state index is -0.826. The topological polar surface area (TPSA) is 94.2 Å². The summed E-state index contributed by atoms with van der Waals surface area (Å²) in [5.41, 5.74) is 5.00. The van der Waals surface area contributed by atoms with Gasteiger partial charge in [0.2, 0.25) is 0 Å². The first kappa shape index (κ1) is 29.8. The Morgan fingerprint density at radius 2 is 1.49 bits per heavy atom. The number of rotatable bonds is 9. The number of imide groups is 2. The molecule has 218 valence electrons. The Balaban J connectivity index is 1.35. The second-order valence-corrected chi connectivity index (χ2v) is 11.2. The van der Waals surface area contributed by atoms with Crippen molar-refractivity contribution in [1.29, 1.82) is 0 Å². The molecule has 8 nitrogen and oxygen atoms in total. The summed E-state index contributed by atoms with van der Waals surface area (Å²) in [6.45, 7) is 4.81. The molecule has 0 aliphatic carbocycles. The number of carbonyl (C=O) groups is 3. The van der Waals surface area contributed by atoms with E-state index in [1.807, 2.05) is 44.2 Å². The first-order valence-corrected chi connectivity index (χ1v) is 14.6. The van der Waals surface area contributed by atoms with E-state index < -0.39 is 17.8 Å². The molecule has 9 heteroatoms. The first-order valence-electron chi connectivity index (χ1n) is 13.5. The third-order valence-corrected chi connectivity index (χ3v) is 7.47. The molecular formula is C34H29IN2O6. The summed E-state index contributed by atoms with van der Waals surface area (Å²) < 4.78 is 18.3. The van der Waals surface area contributed by atoms with Crippen LogP contribution in [0.15, 0.2) is 90.5 Å². The Morgan fingerprint density at radius 3 is 2.16 bits per heavy atom. The number of nitrogens with zero attached hydrogens (tertiary/aromatic N) is 1. The number of carbonyl (C=O) groups excluding carboxylic acids is 3. The van der Waals surface area contributed by atoms with Crippen molar-refractivity contribution in [2.24, 2.45) is 0 Å². The van der Waals surface area contributed by atoms with Gasteiger partial charge in [-0.3, -0.25) is 14.9 Å². The van der Waals surface area contributed by atoms with Crippen molar-refractivity contribution in [3.8, 4) is 17.2 Å². The highest BCUT2D eigenvalue weighted by Gasteiger charge is 2.37. The second kappa shape index (κ2) is 13.1. The third kappa shape index (κ3) is 7.06. The quantitative estimate of drug-likeness (QED) is 0.119. The fourth-order valence-corrected chi connectivity index (χ4v) is 5.54. The zero-order valence-corrected chi connectivity index (χ0v) is 26.0. The number of barbiturate groups is 1. The lowest BCUT2D eigenvalue weighted by molar-refractivity contribution is -0.122. The number of methoxy groups -OCH3 is 1. The van der Waals surface area contributed by atoms with Gasteiger partial charge in [-0.25, -0.2) is 9.69 Å². The van der Waals surface area contributed by atoms with Crippen LogP contribution in [0.3, 0.4) is 0 Å². The van der Waals surface area contributed by atoms with Crippen LogP contribution in [0.5, 0.6) is 17.2 Å². The third-order valence-electron chi connectivity index (χ3n) is 6.67. The Labute approximate surface area is 263 Å². The molecule has 0 spiro atoms. The van der Waals surface area contributed by atoms with Gasteiger partial charge in [-0.05, 0) is 95.6 Å². The van der Waals surface area contributed by atoms with E-state index in [9.17, 15) is 14.4 Å². The zero-order chi connectivity index (χ0) is 30.5. The van der Waals surface area contributed by atoms with E-state index in [1.165, 1.54) is 13.2 Å². The van der Waals surface area contributed by atoms with E-state index in [0.29, 0.717) is 41.7 Å². The van der Waals surface area contributed by atoms with Crippen LogP contribution < -0.4 is 24.4 Å². The molecule has 1 fully saturated rings. The maximum atomic E-state index is 13.5. The number of urea groups is 1. The van der Waals surface area contributed by atoms with Crippen LogP contribution in [0.2, 0.25) is 0 Å². The number of amides is 4. The lowest BCUT2D eigenvalue weighted by atomic mass is 10.1. The number of ether oxygens (including phenoxy) is 3. The molecule has 1 aliphatic heterocycles. The van der Waals surface area contributed by atoms with Crippen LogP contribution in [-0.2, 0) is 22.8 Å². The molecule has 1 aliphatic rings. The summed E-state index contributed by atoms with van der Waals surface area (Å²) in [4.78, 5) is 39.9. The standard InChI is InChI=1S/C34H29IN2O6/c1-21-13-22(2)15-25(14-21)20-43-31-29(35)17-24(18-30(31)41-3)16-28-32(38)36-34(40)37(33(28)39)26-9-11-27(12-10-26)42-19-23-7-5-4-6-8-23/h4-18H,19-20H2,1-3H3,(H,36,38,40)/b28-16+. The van der Waals surface area contributed by atoms with E-state index in [-0.39, 0.29) is 5.57 Å². The molecule has 4 amide bonds. The Bertz CT molecular complexity index is 1700. The van der Waals surface area contributed by atoms with Crippen molar-refractivity contribution in [3.63, 3.8) is 0 Å². The number of anilines is 1. The predicted molar refractivity (Wildman–Crippen MR) is 172 cm³/mol. The van der Waals surface area contributed by atoms with Crippen LogP contribution in [-0.4, -0.2) is 25.0 Å². The summed E-state index contributed by atoms with van der Waals surface area (Å²) in [7, 11) is 1.53. The van der Waals surface area contributed by atoms with E-state index in [0.717, 1.165) is 30.7 Å². The molecule has 0 radical (unpaired) electrons. The van der Waals surface area contributed by atoms with Crippen LogP contribution in [0.4, 0.5) is 10.5 Å². The minimum Gasteiger partial charge on any atom is -0.493 e.